The molecule has 0 aliphatic rings. The number of primary amides is 1. The van der Waals surface area contributed by atoms with Crippen LogP contribution in [0.4, 0.5) is 5.69 Å². The summed E-state index contributed by atoms with van der Waals surface area (Å²) in [6, 6.07) is 5.67. The molecule has 0 aliphatic carbocycles. The number of carbonyl (C=O) groups is 1. The Bertz CT molecular complexity index is 994. The summed E-state index contributed by atoms with van der Waals surface area (Å²) in [7, 11) is 1.58. The average Bonchev–Trinajstić information content (AvgIpc) is 3.12. The van der Waals surface area contributed by atoms with Crippen molar-refractivity contribution in [3.63, 3.8) is 0 Å². The molecule has 3 aromatic heterocycles. The molecular formula is C20H26N6O2. The molecule has 1 atom stereocenters. The van der Waals surface area contributed by atoms with Gasteiger partial charge < -0.3 is 21.5 Å². The minimum Gasteiger partial charge on any atom is -0.481 e. The van der Waals surface area contributed by atoms with Gasteiger partial charge in [-0.3, -0.25) is 4.79 Å². The molecule has 3 aromatic rings. The number of hydrogen-bond donors (Lipinski definition) is 3. The zero-order valence-corrected chi connectivity index (χ0v) is 16.6. The number of rotatable bonds is 7. The first-order chi connectivity index (χ1) is 13.3. The van der Waals surface area contributed by atoms with Gasteiger partial charge in [0.1, 0.15) is 0 Å². The Labute approximate surface area is 163 Å². The first kappa shape index (κ1) is 19.6. The lowest BCUT2D eigenvalue weighted by atomic mass is 9.85. The topological polar surface area (TPSA) is 121 Å². The van der Waals surface area contributed by atoms with E-state index < -0.39 is 5.91 Å². The summed E-state index contributed by atoms with van der Waals surface area (Å²) in [5, 5.41) is 7.77. The lowest BCUT2D eigenvalue weighted by molar-refractivity contribution is 0.100. The molecule has 8 nitrogen and oxygen atoms in total. The zero-order valence-electron chi connectivity index (χ0n) is 16.6. The van der Waals surface area contributed by atoms with Crippen LogP contribution in [0.3, 0.4) is 0 Å². The zero-order chi connectivity index (χ0) is 20.5. The van der Waals surface area contributed by atoms with E-state index in [1.54, 1.807) is 23.9 Å². The number of amides is 1. The Kier molecular flexibility index (Phi) is 5.24. The SMILES string of the molecule is COc1ccc(-c2cc3c(N[C@H](C)C(C)(C)CN)c(C(N)=O)cnn3c2)cn1. The normalized spacial score (nSPS) is 12.8. The average molecular weight is 382 g/mol. The molecule has 5 N–H and O–H groups in total. The fraction of sp³-hybridized carbons (Fsp3) is 0.350. The lowest BCUT2D eigenvalue weighted by Gasteiger charge is -2.32. The minimum absolute atomic E-state index is 0.00260. The Hall–Kier alpha value is -3.13. The molecule has 0 unspecified atom stereocenters. The third-order valence-corrected chi connectivity index (χ3v) is 5.24. The number of methoxy groups -OCH3 is 1. The van der Waals surface area contributed by atoms with Gasteiger partial charge in [0.2, 0.25) is 5.88 Å². The van der Waals surface area contributed by atoms with Crippen molar-refractivity contribution in [2.75, 3.05) is 19.0 Å². The van der Waals surface area contributed by atoms with Gasteiger partial charge >= 0.3 is 0 Å². The van der Waals surface area contributed by atoms with Gasteiger partial charge in [-0.2, -0.15) is 5.10 Å². The predicted octanol–water partition coefficient (Wildman–Crippen LogP) is 2.29. The van der Waals surface area contributed by atoms with Crippen molar-refractivity contribution >= 4 is 17.1 Å². The van der Waals surface area contributed by atoms with Crippen molar-refractivity contribution in [2.45, 2.75) is 26.8 Å². The van der Waals surface area contributed by atoms with E-state index in [-0.39, 0.29) is 11.5 Å². The molecule has 148 valence electrons. The fourth-order valence-electron chi connectivity index (χ4n) is 2.81. The summed E-state index contributed by atoms with van der Waals surface area (Å²) < 4.78 is 6.83. The predicted molar refractivity (Wildman–Crippen MR) is 109 cm³/mol. The molecule has 0 aliphatic heterocycles. The molecule has 0 bridgehead atoms. The number of pyridine rings is 1. The second-order valence-electron chi connectivity index (χ2n) is 7.50. The van der Waals surface area contributed by atoms with Gasteiger partial charge in [0, 0.05) is 35.6 Å². The number of aromatic nitrogens is 3. The number of hydrogen-bond acceptors (Lipinski definition) is 6. The van der Waals surface area contributed by atoms with Crippen LogP contribution >= 0.6 is 0 Å². The van der Waals surface area contributed by atoms with Crippen LogP contribution in [0.25, 0.3) is 16.6 Å². The molecule has 0 fully saturated rings. The monoisotopic (exact) mass is 382 g/mol. The molecule has 1 amide bonds. The highest BCUT2D eigenvalue weighted by Crippen LogP contribution is 2.31. The van der Waals surface area contributed by atoms with Gasteiger partial charge in [0.15, 0.2) is 0 Å². The molecule has 28 heavy (non-hydrogen) atoms. The van der Waals surface area contributed by atoms with Crippen LogP contribution in [0.2, 0.25) is 0 Å². The van der Waals surface area contributed by atoms with E-state index in [2.05, 4.69) is 29.2 Å². The van der Waals surface area contributed by atoms with E-state index >= 15 is 0 Å². The number of carbonyl (C=O) groups excluding carboxylic acids is 1. The number of nitrogens with one attached hydrogen (secondary N) is 1. The highest BCUT2D eigenvalue weighted by molar-refractivity contribution is 6.02. The maximum absolute atomic E-state index is 12.0. The minimum atomic E-state index is -0.538. The largest absolute Gasteiger partial charge is 0.481 e. The van der Waals surface area contributed by atoms with Gasteiger partial charge in [-0.25, -0.2) is 9.50 Å². The maximum atomic E-state index is 12.0. The maximum Gasteiger partial charge on any atom is 0.252 e. The second-order valence-corrected chi connectivity index (χ2v) is 7.50. The molecule has 0 saturated heterocycles. The lowest BCUT2D eigenvalue weighted by Crippen LogP contribution is -2.40. The highest BCUT2D eigenvalue weighted by Gasteiger charge is 2.26. The van der Waals surface area contributed by atoms with Crippen LogP contribution in [0, 0.1) is 5.41 Å². The summed E-state index contributed by atoms with van der Waals surface area (Å²) in [6.45, 7) is 6.67. The van der Waals surface area contributed by atoms with Crippen molar-refractivity contribution in [2.24, 2.45) is 16.9 Å². The first-order valence-electron chi connectivity index (χ1n) is 9.05. The van der Waals surface area contributed by atoms with Crippen LogP contribution in [-0.2, 0) is 0 Å². The van der Waals surface area contributed by atoms with E-state index in [9.17, 15) is 4.79 Å². The van der Waals surface area contributed by atoms with Crippen molar-refractivity contribution in [1.82, 2.24) is 14.6 Å². The van der Waals surface area contributed by atoms with Crippen LogP contribution < -0.4 is 21.5 Å². The summed E-state index contributed by atoms with van der Waals surface area (Å²) in [5.41, 5.74) is 14.9. The molecule has 0 radical (unpaired) electrons. The van der Waals surface area contributed by atoms with Crippen molar-refractivity contribution in [1.29, 1.82) is 0 Å². The van der Waals surface area contributed by atoms with E-state index in [0.717, 1.165) is 16.6 Å². The summed E-state index contributed by atoms with van der Waals surface area (Å²) in [4.78, 5) is 16.2. The molecule has 3 heterocycles. The number of nitrogens with two attached hydrogens (primary N) is 2. The van der Waals surface area contributed by atoms with Crippen molar-refractivity contribution < 1.29 is 9.53 Å². The molecular weight excluding hydrogens is 356 g/mol. The smallest absolute Gasteiger partial charge is 0.252 e. The van der Waals surface area contributed by atoms with Gasteiger partial charge in [-0.05, 0) is 31.0 Å². The van der Waals surface area contributed by atoms with E-state index in [1.165, 1.54) is 6.20 Å². The van der Waals surface area contributed by atoms with Crippen LogP contribution in [0.15, 0.2) is 36.8 Å². The fourth-order valence-corrected chi connectivity index (χ4v) is 2.81. The standard InChI is InChI=1S/C20H26N6O2/c1-12(20(2,3)11-21)25-18-15(19(22)27)9-24-26-10-14(7-16(18)26)13-5-6-17(28-4)23-8-13/h5-10,12,25H,11,21H2,1-4H3,(H2,22,27)/t12-/m1/s1. The third kappa shape index (κ3) is 3.63. The van der Waals surface area contributed by atoms with Crippen molar-refractivity contribution in [3.8, 4) is 17.0 Å². The van der Waals surface area contributed by atoms with Crippen LogP contribution in [0.1, 0.15) is 31.1 Å². The summed E-state index contributed by atoms with van der Waals surface area (Å²) in [6.07, 6.45) is 5.10. The third-order valence-electron chi connectivity index (χ3n) is 5.24. The van der Waals surface area contributed by atoms with E-state index in [4.69, 9.17) is 16.2 Å². The molecule has 0 aromatic carbocycles. The van der Waals surface area contributed by atoms with Crippen molar-refractivity contribution in [3.05, 3.63) is 42.4 Å². The molecule has 3 rings (SSSR count). The van der Waals surface area contributed by atoms with Gasteiger partial charge in [0.05, 0.1) is 30.1 Å². The number of ether oxygens (including phenoxy) is 1. The number of fused-ring (bicyclic) bond motifs is 1. The number of anilines is 1. The highest BCUT2D eigenvalue weighted by atomic mass is 16.5. The molecule has 0 saturated carbocycles. The van der Waals surface area contributed by atoms with E-state index in [0.29, 0.717) is 23.7 Å². The van der Waals surface area contributed by atoms with Crippen LogP contribution in [0.5, 0.6) is 5.88 Å². The second kappa shape index (κ2) is 7.47. The first-order valence-corrected chi connectivity index (χ1v) is 9.05. The van der Waals surface area contributed by atoms with Crippen LogP contribution in [-0.4, -0.2) is 40.2 Å². The Morgan fingerprint density at radius 2 is 2.07 bits per heavy atom. The Balaban J connectivity index is 2.10. The number of nitrogens with zero attached hydrogens (tertiary/aromatic N) is 3. The van der Waals surface area contributed by atoms with Gasteiger partial charge in [-0.1, -0.05) is 13.8 Å². The summed E-state index contributed by atoms with van der Waals surface area (Å²) in [5.74, 6) is 0.00553. The molecule has 0 spiro atoms. The van der Waals surface area contributed by atoms with Gasteiger partial charge in [-0.15, -0.1) is 0 Å². The summed E-state index contributed by atoms with van der Waals surface area (Å²) >= 11 is 0. The van der Waals surface area contributed by atoms with E-state index in [1.807, 2.05) is 25.3 Å². The Morgan fingerprint density at radius 3 is 2.64 bits per heavy atom. The van der Waals surface area contributed by atoms with Gasteiger partial charge in [0.25, 0.3) is 5.91 Å². The molecule has 8 heteroatoms. The quantitative estimate of drug-likeness (QED) is 0.576. The Morgan fingerprint density at radius 1 is 1.32 bits per heavy atom.